The van der Waals surface area contributed by atoms with Crippen molar-refractivity contribution in [1.82, 2.24) is 0 Å². The van der Waals surface area contributed by atoms with E-state index in [4.69, 9.17) is 5.73 Å². The number of halogens is 1. The average molecular weight is 238 g/mol. The molecule has 1 atom stereocenters. The van der Waals surface area contributed by atoms with Gasteiger partial charge in [-0.05, 0) is 57.9 Å². The van der Waals surface area contributed by atoms with Gasteiger partial charge in [-0.15, -0.1) is 0 Å². The summed E-state index contributed by atoms with van der Waals surface area (Å²) in [6, 6.07) is 5.42. The number of hydrogen-bond donors (Lipinski definition) is 1. The zero-order valence-corrected chi connectivity index (χ0v) is 11.2. The summed E-state index contributed by atoms with van der Waals surface area (Å²) in [4.78, 5) is 2.26. The van der Waals surface area contributed by atoms with E-state index >= 15 is 0 Å². The molecule has 3 heteroatoms. The van der Waals surface area contributed by atoms with Crippen molar-refractivity contribution in [2.45, 2.75) is 46.2 Å². The molecule has 1 aromatic carbocycles. The SMILES string of the molecule is CCN(c1ccc(F)cc1CC(C)N)C(C)C. The third kappa shape index (κ3) is 3.70. The summed E-state index contributed by atoms with van der Waals surface area (Å²) in [6.45, 7) is 9.25. The van der Waals surface area contributed by atoms with Crippen molar-refractivity contribution in [1.29, 1.82) is 0 Å². The van der Waals surface area contributed by atoms with Crippen molar-refractivity contribution in [2.75, 3.05) is 11.4 Å². The predicted molar refractivity (Wildman–Crippen MR) is 71.9 cm³/mol. The van der Waals surface area contributed by atoms with Gasteiger partial charge in [0.25, 0.3) is 0 Å². The minimum atomic E-state index is -0.191. The molecule has 1 rings (SSSR count). The summed E-state index contributed by atoms with van der Waals surface area (Å²) in [6.07, 6.45) is 0.705. The fourth-order valence-corrected chi connectivity index (χ4v) is 2.16. The highest BCUT2D eigenvalue weighted by Gasteiger charge is 2.14. The third-order valence-electron chi connectivity index (χ3n) is 2.86. The van der Waals surface area contributed by atoms with Gasteiger partial charge in [-0.25, -0.2) is 4.39 Å². The second-order valence-electron chi connectivity index (χ2n) is 4.83. The summed E-state index contributed by atoms with van der Waals surface area (Å²) in [5, 5.41) is 0. The van der Waals surface area contributed by atoms with E-state index < -0.39 is 0 Å². The molecule has 0 saturated heterocycles. The van der Waals surface area contributed by atoms with E-state index in [0.29, 0.717) is 12.5 Å². The highest BCUT2D eigenvalue weighted by atomic mass is 19.1. The molecule has 0 aliphatic rings. The van der Waals surface area contributed by atoms with E-state index in [1.54, 1.807) is 6.07 Å². The Labute approximate surface area is 104 Å². The first kappa shape index (κ1) is 14.0. The average Bonchev–Trinajstić information content (AvgIpc) is 2.20. The van der Waals surface area contributed by atoms with Gasteiger partial charge < -0.3 is 10.6 Å². The quantitative estimate of drug-likeness (QED) is 0.854. The van der Waals surface area contributed by atoms with Gasteiger partial charge in [-0.1, -0.05) is 0 Å². The van der Waals surface area contributed by atoms with Gasteiger partial charge in [-0.2, -0.15) is 0 Å². The summed E-state index contributed by atoms with van der Waals surface area (Å²) < 4.78 is 13.3. The summed E-state index contributed by atoms with van der Waals surface area (Å²) in [7, 11) is 0. The number of hydrogen-bond acceptors (Lipinski definition) is 2. The molecule has 0 amide bonds. The number of benzene rings is 1. The lowest BCUT2D eigenvalue weighted by molar-refractivity contribution is 0.619. The summed E-state index contributed by atoms with van der Waals surface area (Å²) >= 11 is 0. The van der Waals surface area contributed by atoms with Crippen LogP contribution in [0.25, 0.3) is 0 Å². The van der Waals surface area contributed by atoms with Crippen molar-refractivity contribution in [3.05, 3.63) is 29.6 Å². The van der Waals surface area contributed by atoms with Crippen LogP contribution in [-0.4, -0.2) is 18.6 Å². The van der Waals surface area contributed by atoms with E-state index in [1.807, 2.05) is 13.0 Å². The Morgan fingerprint density at radius 2 is 1.94 bits per heavy atom. The van der Waals surface area contributed by atoms with E-state index in [1.165, 1.54) is 6.07 Å². The molecule has 0 radical (unpaired) electrons. The molecule has 0 heterocycles. The molecule has 2 nitrogen and oxygen atoms in total. The minimum Gasteiger partial charge on any atom is -0.369 e. The van der Waals surface area contributed by atoms with Crippen LogP contribution in [0, 0.1) is 5.82 Å². The maximum absolute atomic E-state index is 13.3. The van der Waals surface area contributed by atoms with Gasteiger partial charge in [-0.3, -0.25) is 0 Å². The van der Waals surface area contributed by atoms with Gasteiger partial charge in [0.15, 0.2) is 0 Å². The molecule has 0 aliphatic heterocycles. The van der Waals surface area contributed by atoms with E-state index in [2.05, 4.69) is 25.7 Å². The Kier molecular flexibility index (Phi) is 4.94. The number of nitrogens with two attached hydrogens (primary N) is 1. The fraction of sp³-hybridized carbons (Fsp3) is 0.571. The van der Waals surface area contributed by atoms with E-state index in [-0.39, 0.29) is 11.9 Å². The maximum atomic E-state index is 13.3. The van der Waals surface area contributed by atoms with Crippen LogP contribution in [0.4, 0.5) is 10.1 Å². The largest absolute Gasteiger partial charge is 0.369 e. The molecule has 1 unspecified atom stereocenters. The van der Waals surface area contributed by atoms with Crippen molar-refractivity contribution >= 4 is 5.69 Å². The predicted octanol–water partition coefficient (Wildman–Crippen LogP) is 2.95. The molecule has 0 aromatic heterocycles. The van der Waals surface area contributed by atoms with Crippen LogP contribution in [0.5, 0.6) is 0 Å². The molecule has 0 saturated carbocycles. The van der Waals surface area contributed by atoms with Crippen molar-refractivity contribution < 1.29 is 4.39 Å². The first-order chi connectivity index (χ1) is 7.95. The molecule has 0 spiro atoms. The first-order valence-corrected chi connectivity index (χ1v) is 6.26. The number of anilines is 1. The van der Waals surface area contributed by atoms with Gasteiger partial charge in [0.05, 0.1) is 0 Å². The molecule has 0 fully saturated rings. The molecule has 0 aliphatic carbocycles. The molecular formula is C14H23FN2. The molecule has 0 bridgehead atoms. The zero-order chi connectivity index (χ0) is 13.0. The number of nitrogens with zero attached hydrogens (tertiary/aromatic N) is 1. The smallest absolute Gasteiger partial charge is 0.123 e. The van der Waals surface area contributed by atoms with Gasteiger partial charge in [0.2, 0.25) is 0 Å². The second-order valence-corrected chi connectivity index (χ2v) is 4.83. The molecule has 1 aromatic rings. The lowest BCUT2D eigenvalue weighted by Crippen LogP contribution is -2.32. The Hall–Kier alpha value is -1.09. The highest BCUT2D eigenvalue weighted by molar-refractivity contribution is 5.54. The normalized spacial score (nSPS) is 12.9. The first-order valence-electron chi connectivity index (χ1n) is 6.26. The summed E-state index contributed by atoms with van der Waals surface area (Å²) in [5.74, 6) is -0.191. The van der Waals surface area contributed by atoms with Crippen molar-refractivity contribution in [3.8, 4) is 0 Å². The van der Waals surface area contributed by atoms with Gasteiger partial charge >= 0.3 is 0 Å². The van der Waals surface area contributed by atoms with E-state index in [9.17, 15) is 4.39 Å². The standard InChI is InChI=1S/C14H23FN2/c1-5-17(10(2)3)14-7-6-13(15)9-12(14)8-11(4)16/h6-7,9-11H,5,8,16H2,1-4H3. The lowest BCUT2D eigenvalue weighted by atomic mass is 10.0. The topological polar surface area (TPSA) is 29.3 Å². The third-order valence-corrected chi connectivity index (χ3v) is 2.86. The van der Waals surface area contributed by atoms with Crippen LogP contribution in [0.2, 0.25) is 0 Å². The Balaban J connectivity index is 3.12. The van der Waals surface area contributed by atoms with Crippen molar-refractivity contribution in [2.24, 2.45) is 5.73 Å². The van der Waals surface area contributed by atoms with Crippen LogP contribution in [0.15, 0.2) is 18.2 Å². The van der Waals surface area contributed by atoms with Crippen LogP contribution >= 0.6 is 0 Å². The summed E-state index contributed by atoms with van der Waals surface area (Å²) in [5.41, 5.74) is 7.91. The maximum Gasteiger partial charge on any atom is 0.123 e. The Bertz CT molecular complexity index is 361. The molecular weight excluding hydrogens is 215 g/mol. The van der Waals surface area contributed by atoms with Crippen LogP contribution in [-0.2, 0) is 6.42 Å². The second kappa shape index (κ2) is 6.01. The van der Waals surface area contributed by atoms with Gasteiger partial charge in [0, 0.05) is 24.3 Å². The number of rotatable bonds is 5. The highest BCUT2D eigenvalue weighted by Crippen LogP contribution is 2.24. The van der Waals surface area contributed by atoms with E-state index in [0.717, 1.165) is 17.8 Å². The van der Waals surface area contributed by atoms with Crippen LogP contribution in [0.1, 0.15) is 33.3 Å². The minimum absolute atomic E-state index is 0.0430. The monoisotopic (exact) mass is 238 g/mol. The van der Waals surface area contributed by atoms with Crippen LogP contribution < -0.4 is 10.6 Å². The molecule has 17 heavy (non-hydrogen) atoms. The molecule has 2 N–H and O–H groups in total. The zero-order valence-electron chi connectivity index (χ0n) is 11.2. The Morgan fingerprint density at radius 3 is 2.41 bits per heavy atom. The fourth-order valence-electron chi connectivity index (χ4n) is 2.16. The Morgan fingerprint density at radius 1 is 1.29 bits per heavy atom. The lowest BCUT2D eigenvalue weighted by Gasteiger charge is -2.30. The molecule has 96 valence electrons. The van der Waals surface area contributed by atoms with Crippen LogP contribution in [0.3, 0.4) is 0 Å². The van der Waals surface area contributed by atoms with Gasteiger partial charge in [0.1, 0.15) is 5.82 Å². The van der Waals surface area contributed by atoms with Crippen molar-refractivity contribution in [3.63, 3.8) is 0 Å².